The lowest BCUT2D eigenvalue weighted by atomic mass is 10.0. The summed E-state index contributed by atoms with van der Waals surface area (Å²) in [7, 11) is 0. The molecule has 3 aromatic heterocycles. The van der Waals surface area contributed by atoms with E-state index < -0.39 is 0 Å². The van der Waals surface area contributed by atoms with Crippen LogP contribution in [0.15, 0.2) is 67.1 Å². The predicted octanol–water partition coefficient (Wildman–Crippen LogP) is 3.15. The number of benzene rings is 1. The molecular formula is C19H16N4O. The first-order chi connectivity index (χ1) is 11.9. The highest BCUT2D eigenvalue weighted by Crippen LogP contribution is 2.33. The van der Waals surface area contributed by atoms with Crippen LogP contribution in [-0.4, -0.2) is 31.5 Å². The first-order valence-electron chi connectivity index (χ1n) is 7.80. The summed E-state index contributed by atoms with van der Waals surface area (Å²) < 4.78 is 1.76. The zero-order valence-electron chi connectivity index (χ0n) is 13.0. The van der Waals surface area contributed by atoms with Gasteiger partial charge in [-0.05, 0) is 29.8 Å². The van der Waals surface area contributed by atoms with Crippen LogP contribution >= 0.6 is 0 Å². The van der Waals surface area contributed by atoms with Gasteiger partial charge in [0.2, 0.25) is 0 Å². The van der Waals surface area contributed by atoms with Crippen LogP contribution in [0.2, 0.25) is 0 Å². The number of aromatic nitrogens is 4. The van der Waals surface area contributed by atoms with Crippen LogP contribution < -0.4 is 0 Å². The van der Waals surface area contributed by atoms with Gasteiger partial charge in [0, 0.05) is 29.5 Å². The van der Waals surface area contributed by atoms with Gasteiger partial charge in [-0.25, -0.2) is 0 Å². The second kappa shape index (κ2) is 6.22. The largest absolute Gasteiger partial charge is 0.394 e. The second-order valence-corrected chi connectivity index (χ2v) is 5.47. The molecular weight excluding hydrogens is 300 g/mol. The van der Waals surface area contributed by atoms with Crippen molar-refractivity contribution < 1.29 is 5.11 Å². The number of nitrogens with zero attached hydrogens (tertiary/aromatic N) is 4. The first-order valence-corrected chi connectivity index (χ1v) is 7.80. The van der Waals surface area contributed by atoms with Crippen LogP contribution in [0, 0.1) is 0 Å². The number of pyridine rings is 2. The van der Waals surface area contributed by atoms with Gasteiger partial charge >= 0.3 is 0 Å². The number of rotatable bonds is 4. The van der Waals surface area contributed by atoms with Gasteiger partial charge < -0.3 is 5.11 Å². The molecule has 5 heteroatoms. The maximum absolute atomic E-state index is 9.25. The first kappa shape index (κ1) is 14.5. The Morgan fingerprint density at radius 2 is 1.75 bits per heavy atom. The van der Waals surface area contributed by atoms with E-state index in [0.29, 0.717) is 6.54 Å². The van der Waals surface area contributed by atoms with Crippen LogP contribution in [0.1, 0.15) is 0 Å². The maximum Gasteiger partial charge on any atom is 0.119 e. The fourth-order valence-electron chi connectivity index (χ4n) is 2.86. The van der Waals surface area contributed by atoms with Gasteiger partial charge in [0.15, 0.2) is 0 Å². The van der Waals surface area contributed by atoms with E-state index in [1.165, 1.54) is 0 Å². The average molecular weight is 316 g/mol. The van der Waals surface area contributed by atoms with E-state index >= 15 is 0 Å². The van der Waals surface area contributed by atoms with Gasteiger partial charge in [-0.3, -0.25) is 14.6 Å². The molecule has 0 spiro atoms. The van der Waals surface area contributed by atoms with E-state index in [4.69, 9.17) is 0 Å². The summed E-state index contributed by atoms with van der Waals surface area (Å²) in [6.45, 7) is 0.489. The Kier molecular flexibility index (Phi) is 3.76. The molecule has 0 fully saturated rings. The van der Waals surface area contributed by atoms with Gasteiger partial charge in [-0.1, -0.05) is 24.3 Å². The van der Waals surface area contributed by atoms with Crippen LogP contribution in [0.25, 0.3) is 33.4 Å². The lowest BCUT2D eigenvalue weighted by Crippen LogP contribution is -2.02. The van der Waals surface area contributed by atoms with Gasteiger partial charge in [0.25, 0.3) is 0 Å². The Labute approximate surface area is 139 Å². The van der Waals surface area contributed by atoms with Crippen molar-refractivity contribution in [1.29, 1.82) is 0 Å². The predicted molar refractivity (Wildman–Crippen MR) is 93.3 cm³/mol. The number of fused-ring (bicyclic) bond motifs is 1. The number of aliphatic hydroxyl groups excluding tert-OH is 1. The lowest BCUT2D eigenvalue weighted by molar-refractivity contribution is 0.269. The van der Waals surface area contributed by atoms with Crippen LogP contribution in [0.4, 0.5) is 0 Å². The quantitative estimate of drug-likeness (QED) is 0.628. The van der Waals surface area contributed by atoms with Crippen molar-refractivity contribution in [2.45, 2.75) is 6.54 Å². The fraction of sp³-hybridized carbons (Fsp3) is 0.105. The summed E-state index contributed by atoms with van der Waals surface area (Å²) >= 11 is 0. The molecule has 0 atom stereocenters. The highest BCUT2D eigenvalue weighted by Gasteiger charge is 2.16. The van der Waals surface area contributed by atoms with E-state index in [9.17, 15) is 5.11 Å². The molecule has 3 heterocycles. The van der Waals surface area contributed by atoms with Crippen molar-refractivity contribution in [3.63, 3.8) is 0 Å². The van der Waals surface area contributed by atoms with E-state index in [-0.39, 0.29) is 6.61 Å². The third-order valence-electron chi connectivity index (χ3n) is 3.94. The van der Waals surface area contributed by atoms with Crippen molar-refractivity contribution in [2.24, 2.45) is 0 Å². The Balaban J connectivity index is 1.96. The number of hydrogen-bond donors (Lipinski definition) is 1. The third-order valence-corrected chi connectivity index (χ3v) is 3.94. The minimum Gasteiger partial charge on any atom is -0.394 e. The molecule has 0 saturated heterocycles. The van der Waals surface area contributed by atoms with Crippen LogP contribution in [0.5, 0.6) is 0 Å². The summed E-state index contributed by atoms with van der Waals surface area (Å²) in [6.07, 6.45) is 5.53. The van der Waals surface area contributed by atoms with Gasteiger partial charge in [-0.15, -0.1) is 0 Å². The van der Waals surface area contributed by atoms with Gasteiger partial charge in [0.05, 0.1) is 24.4 Å². The van der Waals surface area contributed by atoms with E-state index in [2.05, 4.69) is 21.1 Å². The average Bonchev–Trinajstić information content (AvgIpc) is 3.06. The van der Waals surface area contributed by atoms with Crippen molar-refractivity contribution >= 4 is 10.9 Å². The molecule has 4 rings (SSSR count). The zero-order valence-corrected chi connectivity index (χ0v) is 13.0. The highest BCUT2D eigenvalue weighted by atomic mass is 16.3. The summed E-state index contributed by atoms with van der Waals surface area (Å²) in [4.78, 5) is 8.86. The normalized spacial score (nSPS) is 11.0. The molecule has 0 aliphatic carbocycles. The zero-order chi connectivity index (χ0) is 16.4. The van der Waals surface area contributed by atoms with Gasteiger partial charge in [-0.2, -0.15) is 5.10 Å². The van der Waals surface area contributed by atoms with Crippen LogP contribution in [-0.2, 0) is 6.54 Å². The molecule has 118 valence electrons. The summed E-state index contributed by atoms with van der Waals surface area (Å²) in [6, 6.07) is 15.8. The molecule has 0 aliphatic rings. The highest BCUT2D eigenvalue weighted by molar-refractivity contribution is 5.97. The smallest absolute Gasteiger partial charge is 0.119 e. The number of aliphatic hydroxyl groups is 1. The standard InChI is InChI=1S/C19H16N4O/c24-12-11-23-13-16(19(22-23)18-7-3-4-9-20-18)14-8-10-21-17-6-2-1-5-15(14)17/h1-10,13,24H,11-12H2. The van der Waals surface area contributed by atoms with Crippen molar-refractivity contribution in [3.8, 4) is 22.5 Å². The molecule has 5 nitrogen and oxygen atoms in total. The van der Waals surface area contributed by atoms with E-state index in [1.54, 1.807) is 10.9 Å². The monoisotopic (exact) mass is 316 g/mol. The Bertz CT molecular complexity index is 974. The topological polar surface area (TPSA) is 63.8 Å². The van der Waals surface area contributed by atoms with Crippen molar-refractivity contribution in [1.82, 2.24) is 19.7 Å². The molecule has 0 unspecified atom stereocenters. The maximum atomic E-state index is 9.25. The second-order valence-electron chi connectivity index (χ2n) is 5.47. The SMILES string of the molecule is OCCn1cc(-c2ccnc3ccccc23)c(-c2ccccn2)n1. The van der Waals surface area contributed by atoms with E-state index in [0.717, 1.165) is 33.4 Å². The minimum atomic E-state index is 0.0415. The van der Waals surface area contributed by atoms with Gasteiger partial charge in [0.1, 0.15) is 5.69 Å². The summed E-state index contributed by atoms with van der Waals surface area (Å²) in [5, 5.41) is 14.9. The number of para-hydroxylation sites is 1. The molecule has 1 aromatic carbocycles. The Hall–Kier alpha value is -3.05. The molecule has 0 aliphatic heterocycles. The summed E-state index contributed by atoms with van der Waals surface area (Å²) in [5.74, 6) is 0. The molecule has 4 aromatic rings. The molecule has 0 radical (unpaired) electrons. The molecule has 0 saturated carbocycles. The summed E-state index contributed by atoms with van der Waals surface area (Å²) in [5.41, 5.74) is 4.61. The van der Waals surface area contributed by atoms with Crippen LogP contribution in [0.3, 0.4) is 0 Å². The Morgan fingerprint density at radius 1 is 0.875 bits per heavy atom. The van der Waals surface area contributed by atoms with E-state index in [1.807, 2.05) is 54.9 Å². The third kappa shape index (κ3) is 2.55. The van der Waals surface area contributed by atoms with Crippen molar-refractivity contribution in [3.05, 3.63) is 67.1 Å². The van der Waals surface area contributed by atoms with Crippen molar-refractivity contribution in [2.75, 3.05) is 6.61 Å². The minimum absolute atomic E-state index is 0.0415. The molecule has 0 amide bonds. The molecule has 24 heavy (non-hydrogen) atoms. The number of hydrogen-bond acceptors (Lipinski definition) is 4. The molecule has 1 N–H and O–H groups in total. The molecule has 0 bridgehead atoms. The lowest BCUT2D eigenvalue weighted by Gasteiger charge is -2.06. The Morgan fingerprint density at radius 3 is 2.58 bits per heavy atom. The fourth-order valence-corrected chi connectivity index (χ4v) is 2.86.